The van der Waals surface area contributed by atoms with Crippen LogP contribution < -0.4 is 15.6 Å². The molecule has 3 rings (SSSR count). The maximum atomic E-state index is 12.2. The van der Waals surface area contributed by atoms with Crippen molar-refractivity contribution >= 4 is 11.8 Å². The lowest BCUT2D eigenvalue weighted by Crippen LogP contribution is -2.41. The summed E-state index contributed by atoms with van der Waals surface area (Å²) in [5.41, 5.74) is 6.70. The van der Waals surface area contributed by atoms with Crippen LogP contribution in [0.1, 0.15) is 26.3 Å². The molecule has 0 bridgehead atoms. The van der Waals surface area contributed by atoms with E-state index in [2.05, 4.69) is 10.9 Å². The third-order valence-corrected chi connectivity index (χ3v) is 3.67. The molecule has 26 heavy (non-hydrogen) atoms. The first-order valence-electron chi connectivity index (χ1n) is 8.15. The Morgan fingerprint density at radius 3 is 1.96 bits per heavy atom. The Bertz CT molecular complexity index is 880. The maximum absolute atomic E-state index is 12.2. The zero-order chi connectivity index (χ0) is 18.2. The molecule has 0 unspecified atom stereocenters. The lowest BCUT2D eigenvalue weighted by atomic mass is 10.2. The minimum Gasteiger partial charge on any atom is -0.489 e. The van der Waals surface area contributed by atoms with E-state index < -0.39 is 5.91 Å². The van der Waals surface area contributed by atoms with E-state index in [-0.39, 0.29) is 5.91 Å². The summed E-state index contributed by atoms with van der Waals surface area (Å²) in [5, 5.41) is 0. The van der Waals surface area contributed by atoms with E-state index in [0.29, 0.717) is 23.5 Å². The van der Waals surface area contributed by atoms with E-state index in [1.54, 1.807) is 48.5 Å². The molecule has 0 heterocycles. The van der Waals surface area contributed by atoms with Gasteiger partial charge in [-0.05, 0) is 35.9 Å². The van der Waals surface area contributed by atoms with E-state index in [1.165, 1.54) is 0 Å². The second kappa shape index (κ2) is 8.48. The molecule has 0 fully saturated rings. The number of ether oxygens (including phenoxy) is 1. The topological polar surface area (TPSA) is 67.4 Å². The van der Waals surface area contributed by atoms with Crippen molar-refractivity contribution in [3.8, 4) is 5.75 Å². The van der Waals surface area contributed by atoms with Gasteiger partial charge in [0.05, 0.1) is 0 Å². The molecule has 2 N–H and O–H groups in total. The van der Waals surface area contributed by atoms with Crippen molar-refractivity contribution in [1.29, 1.82) is 0 Å². The summed E-state index contributed by atoms with van der Waals surface area (Å²) in [7, 11) is 0. The summed E-state index contributed by atoms with van der Waals surface area (Å²) in [6, 6.07) is 25.2. The molecule has 0 atom stereocenters. The Kier molecular flexibility index (Phi) is 5.62. The molecule has 0 radical (unpaired) electrons. The zero-order valence-electron chi connectivity index (χ0n) is 14.0. The van der Waals surface area contributed by atoms with Crippen LogP contribution in [0.5, 0.6) is 5.75 Å². The van der Waals surface area contributed by atoms with Gasteiger partial charge < -0.3 is 4.74 Å². The van der Waals surface area contributed by atoms with E-state index in [9.17, 15) is 9.59 Å². The van der Waals surface area contributed by atoms with Crippen molar-refractivity contribution in [3.63, 3.8) is 0 Å². The Morgan fingerprint density at radius 1 is 0.692 bits per heavy atom. The first-order chi connectivity index (χ1) is 12.7. The molecular weight excluding hydrogens is 328 g/mol. The third-order valence-electron chi connectivity index (χ3n) is 3.67. The number of hydrogen-bond acceptors (Lipinski definition) is 3. The molecular formula is C21H18N2O3. The van der Waals surface area contributed by atoms with E-state index >= 15 is 0 Å². The van der Waals surface area contributed by atoms with Crippen LogP contribution in [0, 0.1) is 0 Å². The average molecular weight is 346 g/mol. The van der Waals surface area contributed by atoms with Gasteiger partial charge in [0.1, 0.15) is 12.4 Å². The van der Waals surface area contributed by atoms with Crippen molar-refractivity contribution in [2.75, 3.05) is 0 Å². The summed E-state index contributed by atoms with van der Waals surface area (Å²) >= 11 is 0. The van der Waals surface area contributed by atoms with E-state index in [1.807, 2.05) is 36.4 Å². The standard InChI is InChI=1S/C21H18N2O3/c24-20(17-10-5-2-6-11-17)22-23-21(25)18-12-7-13-19(14-18)26-15-16-8-3-1-4-9-16/h1-14H,15H2,(H,22,24)(H,23,25). The lowest BCUT2D eigenvalue weighted by Gasteiger charge is -2.10. The van der Waals surface area contributed by atoms with E-state index in [4.69, 9.17) is 4.74 Å². The smallest absolute Gasteiger partial charge is 0.269 e. The molecule has 3 aromatic carbocycles. The maximum Gasteiger partial charge on any atom is 0.269 e. The molecule has 0 saturated carbocycles. The Balaban J connectivity index is 1.57. The highest BCUT2D eigenvalue weighted by Gasteiger charge is 2.09. The first-order valence-corrected chi connectivity index (χ1v) is 8.15. The van der Waals surface area contributed by atoms with Crippen LogP contribution >= 0.6 is 0 Å². The molecule has 2 amide bonds. The van der Waals surface area contributed by atoms with E-state index in [0.717, 1.165) is 5.56 Å². The minimum atomic E-state index is -0.417. The van der Waals surface area contributed by atoms with Crippen LogP contribution in [0.3, 0.4) is 0 Å². The number of rotatable bonds is 5. The van der Waals surface area contributed by atoms with Crippen molar-refractivity contribution in [2.24, 2.45) is 0 Å². The van der Waals surface area contributed by atoms with Gasteiger partial charge in [-0.3, -0.25) is 20.4 Å². The van der Waals surface area contributed by atoms with Gasteiger partial charge >= 0.3 is 0 Å². The zero-order valence-corrected chi connectivity index (χ0v) is 14.0. The number of benzene rings is 3. The van der Waals surface area contributed by atoms with Crippen molar-refractivity contribution in [3.05, 3.63) is 102 Å². The fourth-order valence-electron chi connectivity index (χ4n) is 2.32. The Labute approximate surface area is 151 Å². The first kappa shape index (κ1) is 17.2. The predicted molar refractivity (Wildman–Crippen MR) is 98.6 cm³/mol. The molecule has 0 aliphatic rings. The van der Waals surface area contributed by atoms with Gasteiger partial charge in [0, 0.05) is 11.1 Å². The summed E-state index contributed by atoms with van der Waals surface area (Å²) in [6.07, 6.45) is 0. The number of hydrazine groups is 1. The largest absolute Gasteiger partial charge is 0.489 e. The second-order valence-corrected chi connectivity index (χ2v) is 5.58. The Hall–Kier alpha value is -3.60. The van der Waals surface area contributed by atoms with Gasteiger partial charge in [-0.2, -0.15) is 0 Å². The number of hydrogen-bond donors (Lipinski definition) is 2. The molecule has 0 aliphatic carbocycles. The average Bonchev–Trinajstić information content (AvgIpc) is 2.72. The summed E-state index contributed by atoms with van der Waals surface area (Å²) < 4.78 is 5.71. The molecule has 0 spiro atoms. The van der Waals surface area contributed by atoms with Crippen molar-refractivity contribution in [2.45, 2.75) is 6.61 Å². The van der Waals surface area contributed by atoms with Crippen LogP contribution in [0.15, 0.2) is 84.9 Å². The van der Waals surface area contributed by atoms with Gasteiger partial charge in [0.25, 0.3) is 11.8 Å². The molecule has 130 valence electrons. The lowest BCUT2D eigenvalue weighted by molar-refractivity contribution is 0.0846. The molecule has 0 aromatic heterocycles. The molecule has 5 nitrogen and oxygen atoms in total. The third kappa shape index (κ3) is 4.70. The van der Waals surface area contributed by atoms with Crippen molar-refractivity contribution < 1.29 is 14.3 Å². The number of carbonyl (C=O) groups is 2. The summed E-state index contributed by atoms with van der Waals surface area (Å²) in [5.74, 6) is -0.217. The van der Waals surface area contributed by atoms with Crippen LogP contribution in [-0.4, -0.2) is 11.8 Å². The molecule has 0 saturated heterocycles. The van der Waals surface area contributed by atoms with Crippen LogP contribution in [0.2, 0.25) is 0 Å². The van der Waals surface area contributed by atoms with Gasteiger partial charge in [-0.15, -0.1) is 0 Å². The normalized spacial score (nSPS) is 10.0. The minimum absolute atomic E-state index is 0.379. The molecule has 0 aliphatic heterocycles. The number of nitrogens with one attached hydrogen (secondary N) is 2. The second-order valence-electron chi connectivity index (χ2n) is 5.58. The van der Waals surface area contributed by atoms with Gasteiger partial charge in [-0.1, -0.05) is 54.6 Å². The van der Waals surface area contributed by atoms with Gasteiger partial charge in [0.2, 0.25) is 0 Å². The SMILES string of the molecule is O=C(NNC(=O)c1cccc(OCc2ccccc2)c1)c1ccccc1. The fraction of sp³-hybridized carbons (Fsp3) is 0.0476. The Morgan fingerprint density at radius 2 is 1.27 bits per heavy atom. The summed E-state index contributed by atoms with van der Waals surface area (Å²) in [6.45, 7) is 0.413. The highest BCUT2D eigenvalue weighted by molar-refractivity contribution is 5.99. The summed E-state index contributed by atoms with van der Waals surface area (Å²) in [4.78, 5) is 24.2. The monoisotopic (exact) mass is 346 g/mol. The van der Waals surface area contributed by atoms with Crippen LogP contribution in [0.25, 0.3) is 0 Å². The predicted octanol–water partition coefficient (Wildman–Crippen LogP) is 3.34. The highest BCUT2D eigenvalue weighted by Crippen LogP contribution is 2.15. The quantitative estimate of drug-likeness (QED) is 0.696. The van der Waals surface area contributed by atoms with Gasteiger partial charge in [-0.25, -0.2) is 0 Å². The molecule has 3 aromatic rings. The van der Waals surface area contributed by atoms with Crippen LogP contribution in [0.4, 0.5) is 0 Å². The molecule has 5 heteroatoms. The highest BCUT2D eigenvalue weighted by atomic mass is 16.5. The number of amides is 2. The van der Waals surface area contributed by atoms with Gasteiger partial charge in [0.15, 0.2) is 0 Å². The fourth-order valence-corrected chi connectivity index (χ4v) is 2.32. The van der Waals surface area contributed by atoms with Crippen LogP contribution in [-0.2, 0) is 6.61 Å². The number of carbonyl (C=O) groups excluding carboxylic acids is 2. The van der Waals surface area contributed by atoms with Crippen molar-refractivity contribution in [1.82, 2.24) is 10.9 Å².